The summed E-state index contributed by atoms with van der Waals surface area (Å²) in [4.78, 5) is 27.9. The summed E-state index contributed by atoms with van der Waals surface area (Å²) in [5.74, 6) is -0.509. The number of esters is 1. The van der Waals surface area contributed by atoms with Gasteiger partial charge in [-0.05, 0) is 18.9 Å². The van der Waals surface area contributed by atoms with Crippen molar-refractivity contribution in [3.05, 3.63) is 23.0 Å². The van der Waals surface area contributed by atoms with Crippen LogP contribution in [0.25, 0.3) is 11.1 Å². The van der Waals surface area contributed by atoms with Crippen LogP contribution in [0.5, 0.6) is 0 Å². The summed E-state index contributed by atoms with van der Waals surface area (Å²) in [5.41, 5.74) is 2.16. The van der Waals surface area contributed by atoms with Crippen molar-refractivity contribution in [2.45, 2.75) is 33.1 Å². The number of pyridine rings is 1. The largest absolute Gasteiger partial charge is 0.469 e. The van der Waals surface area contributed by atoms with E-state index in [1.165, 1.54) is 7.11 Å². The molecule has 0 aliphatic rings. The lowest BCUT2D eigenvalue weighted by Crippen LogP contribution is -2.26. The topological polar surface area (TPSA) is 94.3 Å². The Bertz CT molecular complexity index is 706. The summed E-state index contributed by atoms with van der Waals surface area (Å²) in [6.45, 7) is 5.93. The van der Waals surface area contributed by atoms with Gasteiger partial charge in [-0.15, -0.1) is 0 Å². The SMILES string of the molecule is COC(=O)CCNC(=O)c1cc(C(C)C)nc2onc(C)c12. The van der Waals surface area contributed by atoms with E-state index in [1.54, 1.807) is 13.0 Å². The smallest absolute Gasteiger partial charge is 0.307 e. The van der Waals surface area contributed by atoms with Gasteiger partial charge in [0, 0.05) is 12.2 Å². The Morgan fingerprint density at radius 1 is 1.41 bits per heavy atom. The molecule has 1 N–H and O–H groups in total. The average molecular weight is 305 g/mol. The predicted octanol–water partition coefficient (Wildman–Crippen LogP) is 1.95. The van der Waals surface area contributed by atoms with E-state index in [2.05, 4.69) is 20.2 Å². The Hall–Kier alpha value is -2.44. The molecule has 0 aliphatic carbocycles. The van der Waals surface area contributed by atoms with E-state index in [9.17, 15) is 9.59 Å². The van der Waals surface area contributed by atoms with Crippen LogP contribution in [0, 0.1) is 6.92 Å². The zero-order valence-electron chi connectivity index (χ0n) is 13.1. The number of amides is 1. The maximum atomic E-state index is 12.4. The molecule has 7 nitrogen and oxygen atoms in total. The average Bonchev–Trinajstić information content (AvgIpc) is 2.87. The summed E-state index contributed by atoms with van der Waals surface area (Å²) in [6.07, 6.45) is 0.121. The molecule has 0 atom stereocenters. The maximum Gasteiger partial charge on any atom is 0.307 e. The van der Waals surface area contributed by atoms with Crippen molar-refractivity contribution < 1.29 is 18.8 Å². The number of fused-ring (bicyclic) bond motifs is 1. The number of hydrogen-bond acceptors (Lipinski definition) is 6. The number of carbonyl (C=O) groups excluding carboxylic acids is 2. The van der Waals surface area contributed by atoms with Crippen molar-refractivity contribution >= 4 is 23.0 Å². The van der Waals surface area contributed by atoms with Crippen LogP contribution in [-0.2, 0) is 9.53 Å². The minimum absolute atomic E-state index is 0.121. The molecule has 0 bridgehead atoms. The van der Waals surface area contributed by atoms with Gasteiger partial charge in [-0.3, -0.25) is 9.59 Å². The minimum Gasteiger partial charge on any atom is -0.469 e. The first-order valence-electron chi connectivity index (χ1n) is 7.06. The van der Waals surface area contributed by atoms with Crippen molar-refractivity contribution in [3.63, 3.8) is 0 Å². The van der Waals surface area contributed by atoms with Crippen LogP contribution in [0.3, 0.4) is 0 Å². The van der Waals surface area contributed by atoms with E-state index in [1.807, 2.05) is 13.8 Å². The molecule has 0 aromatic carbocycles. The number of nitrogens with one attached hydrogen (secondary N) is 1. The lowest BCUT2D eigenvalue weighted by molar-refractivity contribution is -0.140. The standard InChI is InChI=1S/C15H19N3O4/c1-8(2)11-7-10(13-9(3)18-22-15(13)17-11)14(20)16-6-5-12(19)21-4/h7-8H,5-6H2,1-4H3,(H,16,20). The van der Waals surface area contributed by atoms with Crippen molar-refractivity contribution in [2.75, 3.05) is 13.7 Å². The zero-order valence-corrected chi connectivity index (χ0v) is 13.1. The molecule has 0 unspecified atom stereocenters. The molecule has 2 rings (SSSR count). The van der Waals surface area contributed by atoms with Crippen molar-refractivity contribution in [1.82, 2.24) is 15.5 Å². The molecule has 2 heterocycles. The van der Waals surface area contributed by atoms with Gasteiger partial charge in [-0.25, -0.2) is 4.98 Å². The summed E-state index contributed by atoms with van der Waals surface area (Å²) in [5, 5.41) is 7.17. The van der Waals surface area contributed by atoms with E-state index in [0.29, 0.717) is 22.4 Å². The number of nitrogens with zero attached hydrogens (tertiary/aromatic N) is 2. The van der Waals surface area contributed by atoms with Crippen LogP contribution in [0.15, 0.2) is 10.6 Å². The van der Waals surface area contributed by atoms with Crippen LogP contribution in [0.4, 0.5) is 0 Å². The highest BCUT2D eigenvalue weighted by Gasteiger charge is 2.19. The normalized spacial score (nSPS) is 11.0. The van der Waals surface area contributed by atoms with Crippen LogP contribution in [0.2, 0.25) is 0 Å². The number of methoxy groups -OCH3 is 1. The quantitative estimate of drug-likeness (QED) is 0.848. The molecule has 118 valence electrons. The van der Waals surface area contributed by atoms with Gasteiger partial charge in [0.2, 0.25) is 0 Å². The van der Waals surface area contributed by atoms with Crippen LogP contribution < -0.4 is 5.32 Å². The molecular weight excluding hydrogens is 286 g/mol. The fourth-order valence-electron chi connectivity index (χ4n) is 2.06. The van der Waals surface area contributed by atoms with Crippen molar-refractivity contribution in [1.29, 1.82) is 0 Å². The lowest BCUT2D eigenvalue weighted by atomic mass is 10.0. The Labute approximate surface area is 128 Å². The van der Waals surface area contributed by atoms with Gasteiger partial charge in [0.05, 0.1) is 30.2 Å². The molecule has 0 radical (unpaired) electrons. The highest BCUT2D eigenvalue weighted by Crippen LogP contribution is 2.24. The summed E-state index contributed by atoms with van der Waals surface area (Å²) in [6, 6.07) is 1.74. The third kappa shape index (κ3) is 3.24. The fraction of sp³-hybridized carbons (Fsp3) is 0.467. The molecule has 0 aliphatic heterocycles. The molecule has 2 aromatic rings. The monoisotopic (exact) mass is 305 g/mol. The number of aromatic nitrogens is 2. The number of aryl methyl sites for hydroxylation is 1. The molecule has 0 saturated carbocycles. The molecule has 0 saturated heterocycles. The second-order valence-electron chi connectivity index (χ2n) is 5.28. The van der Waals surface area contributed by atoms with Crippen LogP contribution in [-0.4, -0.2) is 35.7 Å². The van der Waals surface area contributed by atoms with E-state index in [4.69, 9.17) is 4.52 Å². The summed E-state index contributed by atoms with van der Waals surface area (Å²) >= 11 is 0. The van der Waals surface area contributed by atoms with Crippen molar-refractivity contribution in [3.8, 4) is 0 Å². The van der Waals surface area contributed by atoms with E-state index in [0.717, 1.165) is 5.69 Å². The third-order valence-electron chi connectivity index (χ3n) is 3.32. The van der Waals surface area contributed by atoms with Gasteiger partial charge >= 0.3 is 5.97 Å². The Balaban J connectivity index is 2.30. The summed E-state index contributed by atoms with van der Waals surface area (Å²) in [7, 11) is 1.31. The highest BCUT2D eigenvalue weighted by atomic mass is 16.5. The molecule has 2 aromatic heterocycles. The first-order chi connectivity index (χ1) is 10.4. The molecule has 22 heavy (non-hydrogen) atoms. The lowest BCUT2D eigenvalue weighted by Gasteiger charge is -2.09. The Morgan fingerprint density at radius 2 is 2.14 bits per heavy atom. The second kappa shape index (κ2) is 6.55. The van der Waals surface area contributed by atoms with Gasteiger partial charge in [0.25, 0.3) is 11.6 Å². The molecule has 0 fully saturated rings. The molecule has 1 amide bonds. The van der Waals surface area contributed by atoms with Crippen molar-refractivity contribution in [2.24, 2.45) is 0 Å². The number of hydrogen-bond donors (Lipinski definition) is 1. The van der Waals surface area contributed by atoms with Crippen LogP contribution >= 0.6 is 0 Å². The zero-order chi connectivity index (χ0) is 16.3. The van der Waals surface area contributed by atoms with Gasteiger partial charge in [-0.1, -0.05) is 19.0 Å². The minimum atomic E-state index is -0.371. The third-order valence-corrected chi connectivity index (χ3v) is 3.32. The van der Waals surface area contributed by atoms with Crippen LogP contribution in [0.1, 0.15) is 47.9 Å². The van der Waals surface area contributed by atoms with Gasteiger partial charge < -0.3 is 14.6 Å². The van der Waals surface area contributed by atoms with E-state index >= 15 is 0 Å². The van der Waals surface area contributed by atoms with E-state index in [-0.39, 0.29) is 30.8 Å². The van der Waals surface area contributed by atoms with Gasteiger partial charge in [0.1, 0.15) is 0 Å². The second-order valence-corrected chi connectivity index (χ2v) is 5.28. The number of carbonyl (C=O) groups is 2. The Morgan fingerprint density at radius 3 is 2.77 bits per heavy atom. The fourth-order valence-corrected chi connectivity index (χ4v) is 2.06. The first-order valence-corrected chi connectivity index (χ1v) is 7.06. The first kappa shape index (κ1) is 15.9. The number of rotatable bonds is 5. The number of ether oxygens (including phenoxy) is 1. The van der Waals surface area contributed by atoms with Gasteiger partial charge in [0.15, 0.2) is 0 Å². The van der Waals surface area contributed by atoms with E-state index < -0.39 is 0 Å². The predicted molar refractivity (Wildman–Crippen MR) is 79.6 cm³/mol. The summed E-state index contributed by atoms with van der Waals surface area (Å²) < 4.78 is 9.72. The molecular formula is C15H19N3O4. The molecule has 7 heteroatoms. The Kier molecular flexibility index (Phi) is 4.75. The van der Waals surface area contributed by atoms with Gasteiger partial charge in [-0.2, -0.15) is 0 Å². The maximum absolute atomic E-state index is 12.4. The highest BCUT2D eigenvalue weighted by molar-refractivity contribution is 6.06. The molecule has 0 spiro atoms.